The molecule has 1 saturated heterocycles. The van der Waals surface area contributed by atoms with E-state index in [4.69, 9.17) is 16.3 Å². The molecule has 2 aromatic rings. The molecule has 1 N–H and O–H groups in total. The summed E-state index contributed by atoms with van der Waals surface area (Å²) in [5, 5.41) is 13.8. The Morgan fingerprint density at radius 3 is 2.70 bits per heavy atom. The zero-order valence-corrected chi connectivity index (χ0v) is 17.5. The number of nitrogens with zero attached hydrogens (tertiary/aromatic N) is 3. The number of aromatic nitrogens is 1. The van der Waals surface area contributed by atoms with Crippen molar-refractivity contribution >= 4 is 35.1 Å². The maximum atomic E-state index is 12.1. The van der Waals surface area contributed by atoms with Gasteiger partial charge in [0.25, 0.3) is 5.69 Å². The van der Waals surface area contributed by atoms with Gasteiger partial charge in [0, 0.05) is 38.0 Å². The van der Waals surface area contributed by atoms with Crippen molar-refractivity contribution in [2.75, 3.05) is 18.0 Å². The topological polar surface area (TPSA) is 97.6 Å². The number of nitrogens with one attached hydrogen (secondary N) is 1. The Bertz CT molecular complexity index is 939. The minimum absolute atomic E-state index is 0.0542. The molecule has 1 aliphatic heterocycles. The minimum atomic E-state index is -0.561. The van der Waals surface area contributed by atoms with Gasteiger partial charge in [-0.25, -0.2) is 4.98 Å². The zero-order chi connectivity index (χ0) is 21.7. The van der Waals surface area contributed by atoms with Crippen LogP contribution in [0.5, 0.6) is 0 Å². The van der Waals surface area contributed by atoms with Gasteiger partial charge in [-0.2, -0.15) is 0 Å². The lowest BCUT2D eigenvalue weighted by atomic mass is 10.2. The average molecular weight is 431 g/mol. The second kappa shape index (κ2) is 9.69. The highest BCUT2D eigenvalue weighted by Crippen LogP contribution is 2.25. The SMILES string of the molecule is CC1CN(c2ccc(CNC(=O)/C=C/c3ccc(Cl)c([N+](=O)[O-])c3)cn2)CC(C)O1. The average Bonchev–Trinajstić information content (AvgIpc) is 2.71. The van der Waals surface area contributed by atoms with Crippen LogP contribution in [0.3, 0.4) is 0 Å². The predicted octanol–water partition coefficient (Wildman–Crippen LogP) is 3.59. The van der Waals surface area contributed by atoms with E-state index in [1.54, 1.807) is 12.3 Å². The molecule has 30 heavy (non-hydrogen) atoms. The third-order valence-corrected chi connectivity index (χ3v) is 4.93. The lowest BCUT2D eigenvalue weighted by Gasteiger charge is -2.36. The van der Waals surface area contributed by atoms with Gasteiger partial charge in [-0.15, -0.1) is 0 Å². The minimum Gasteiger partial charge on any atom is -0.372 e. The van der Waals surface area contributed by atoms with Crippen molar-refractivity contribution in [1.82, 2.24) is 10.3 Å². The second-order valence-electron chi connectivity index (χ2n) is 7.21. The number of hydrogen-bond donors (Lipinski definition) is 1. The molecule has 0 spiro atoms. The summed E-state index contributed by atoms with van der Waals surface area (Å²) in [7, 11) is 0. The Hall–Kier alpha value is -2.97. The molecule has 0 saturated carbocycles. The number of amides is 1. The highest BCUT2D eigenvalue weighted by Gasteiger charge is 2.22. The molecule has 2 unspecified atom stereocenters. The van der Waals surface area contributed by atoms with E-state index >= 15 is 0 Å². The summed E-state index contributed by atoms with van der Waals surface area (Å²) in [6.07, 6.45) is 4.88. The lowest BCUT2D eigenvalue weighted by molar-refractivity contribution is -0.384. The fraction of sp³-hybridized carbons (Fsp3) is 0.333. The van der Waals surface area contributed by atoms with E-state index < -0.39 is 4.92 Å². The third kappa shape index (κ3) is 5.77. The Morgan fingerprint density at radius 1 is 1.33 bits per heavy atom. The van der Waals surface area contributed by atoms with Crippen LogP contribution in [-0.4, -0.2) is 41.1 Å². The van der Waals surface area contributed by atoms with Crippen molar-refractivity contribution in [3.05, 3.63) is 68.9 Å². The summed E-state index contributed by atoms with van der Waals surface area (Å²) in [6.45, 7) is 6.00. The maximum absolute atomic E-state index is 12.1. The van der Waals surface area contributed by atoms with Gasteiger partial charge < -0.3 is 15.0 Å². The van der Waals surface area contributed by atoms with Crippen LogP contribution in [0.15, 0.2) is 42.6 Å². The number of nitro groups is 1. The van der Waals surface area contributed by atoms with Crippen LogP contribution in [0, 0.1) is 10.1 Å². The summed E-state index contributed by atoms with van der Waals surface area (Å²) < 4.78 is 5.74. The number of carbonyl (C=O) groups excluding carboxylic acids is 1. The van der Waals surface area contributed by atoms with Gasteiger partial charge in [0.15, 0.2) is 0 Å². The van der Waals surface area contributed by atoms with Crippen LogP contribution < -0.4 is 10.2 Å². The molecule has 1 aromatic carbocycles. The summed E-state index contributed by atoms with van der Waals surface area (Å²) >= 11 is 5.79. The van der Waals surface area contributed by atoms with E-state index in [1.807, 2.05) is 26.0 Å². The number of pyridine rings is 1. The highest BCUT2D eigenvalue weighted by atomic mass is 35.5. The van der Waals surface area contributed by atoms with Crippen molar-refractivity contribution in [3.8, 4) is 0 Å². The van der Waals surface area contributed by atoms with Crippen molar-refractivity contribution in [1.29, 1.82) is 0 Å². The van der Waals surface area contributed by atoms with Crippen LogP contribution in [-0.2, 0) is 16.1 Å². The Morgan fingerprint density at radius 2 is 2.07 bits per heavy atom. The highest BCUT2D eigenvalue weighted by molar-refractivity contribution is 6.32. The molecule has 9 heteroatoms. The first-order valence-corrected chi connectivity index (χ1v) is 9.95. The van der Waals surface area contributed by atoms with E-state index in [-0.39, 0.29) is 28.8 Å². The Balaban J connectivity index is 1.54. The van der Waals surface area contributed by atoms with Crippen molar-refractivity contribution < 1.29 is 14.5 Å². The largest absolute Gasteiger partial charge is 0.372 e. The molecule has 2 heterocycles. The van der Waals surface area contributed by atoms with E-state index in [1.165, 1.54) is 24.3 Å². The van der Waals surface area contributed by atoms with E-state index in [2.05, 4.69) is 15.2 Å². The standard InChI is InChI=1S/C21H23ClN4O4/c1-14-12-25(13-15(2)30-14)20-7-4-17(10-23-20)11-24-21(27)8-5-16-3-6-18(22)19(9-16)26(28)29/h3-10,14-15H,11-13H2,1-2H3,(H,24,27)/b8-5+. The summed E-state index contributed by atoms with van der Waals surface area (Å²) in [5.74, 6) is 0.573. The van der Waals surface area contributed by atoms with Crippen molar-refractivity contribution in [2.45, 2.75) is 32.6 Å². The number of benzene rings is 1. The van der Waals surface area contributed by atoms with E-state index in [9.17, 15) is 14.9 Å². The van der Waals surface area contributed by atoms with Crippen LogP contribution in [0.1, 0.15) is 25.0 Å². The van der Waals surface area contributed by atoms with Crippen LogP contribution in [0.25, 0.3) is 6.08 Å². The van der Waals surface area contributed by atoms with Gasteiger partial charge in [-0.3, -0.25) is 14.9 Å². The van der Waals surface area contributed by atoms with Gasteiger partial charge >= 0.3 is 0 Å². The number of ether oxygens (including phenoxy) is 1. The van der Waals surface area contributed by atoms with Crippen LogP contribution >= 0.6 is 11.6 Å². The molecule has 8 nitrogen and oxygen atoms in total. The van der Waals surface area contributed by atoms with E-state index in [0.717, 1.165) is 24.5 Å². The number of nitro benzene ring substituents is 1. The molecule has 1 aliphatic rings. The van der Waals surface area contributed by atoms with Gasteiger partial charge in [0.05, 0.1) is 17.1 Å². The zero-order valence-electron chi connectivity index (χ0n) is 16.7. The van der Waals surface area contributed by atoms with Gasteiger partial charge in [0.2, 0.25) is 5.91 Å². The monoisotopic (exact) mass is 430 g/mol. The number of anilines is 1. The number of carbonyl (C=O) groups is 1. The third-order valence-electron chi connectivity index (χ3n) is 4.61. The molecule has 0 aliphatic carbocycles. The molecule has 158 valence electrons. The fourth-order valence-electron chi connectivity index (χ4n) is 3.27. The maximum Gasteiger partial charge on any atom is 0.288 e. The van der Waals surface area contributed by atoms with Gasteiger partial charge in [-0.05, 0) is 43.2 Å². The molecule has 0 radical (unpaired) electrons. The molecular formula is C21H23ClN4O4. The molecule has 1 fully saturated rings. The van der Waals surface area contributed by atoms with Crippen molar-refractivity contribution in [2.24, 2.45) is 0 Å². The van der Waals surface area contributed by atoms with E-state index in [0.29, 0.717) is 12.1 Å². The Labute approximate surface area is 179 Å². The Kier molecular flexibility index (Phi) is 7.02. The number of morpholine rings is 1. The quantitative estimate of drug-likeness (QED) is 0.427. The first-order chi connectivity index (χ1) is 14.3. The summed E-state index contributed by atoms with van der Waals surface area (Å²) in [6, 6.07) is 8.23. The molecule has 1 aromatic heterocycles. The number of hydrogen-bond acceptors (Lipinski definition) is 6. The number of rotatable bonds is 6. The first-order valence-electron chi connectivity index (χ1n) is 9.57. The number of halogens is 1. The van der Waals surface area contributed by atoms with Crippen molar-refractivity contribution in [3.63, 3.8) is 0 Å². The smallest absolute Gasteiger partial charge is 0.288 e. The van der Waals surface area contributed by atoms with Crippen LogP contribution in [0.2, 0.25) is 5.02 Å². The molecule has 3 rings (SSSR count). The summed E-state index contributed by atoms with van der Waals surface area (Å²) in [4.78, 5) is 29.1. The molecular weight excluding hydrogens is 408 g/mol. The molecule has 2 atom stereocenters. The van der Waals surface area contributed by atoms with Gasteiger partial charge in [-0.1, -0.05) is 23.7 Å². The van der Waals surface area contributed by atoms with Gasteiger partial charge in [0.1, 0.15) is 10.8 Å². The summed E-state index contributed by atoms with van der Waals surface area (Å²) in [5.41, 5.74) is 1.19. The molecule has 1 amide bonds. The first kappa shape index (κ1) is 21.7. The van der Waals surface area contributed by atoms with Crippen LogP contribution in [0.4, 0.5) is 11.5 Å². The lowest BCUT2D eigenvalue weighted by Crippen LogP contribution is -2.45. The normalized spacial score (nSPS) is 19.1. The molecule has 0 bridgehead atoms. The fourth-order valence-corrected chi connectivity index (χ4v) is 3.45. The predicted molar refractivity (Wildman–Crippen MR) is 115 cm³/mol. The second-order valence-corrected chi connectivity index (χ2v) is 7.61.